The van der Waals surface area contributed by atoms with Gasteiger partial charge in [-0.25, -0.2) is 4.79 Å². The number of carboxylic acid groups (broad SMARTS) is 1. The average molecular weight is 215 g/mol. The van der Waals surface area contributed by atoms with Gasteiger partial charge in [-0.3, -0.25) is 4.90 Å². The summed E-state index contributed by atoms with van der Waals surface area (Å²) in [6, 6.07) is -0.00727. The Morgan fingerprint density at radius 1 is 1.53 bits per heavy atom. The van der Waals surface area contributed by atoms with Crippen molar-refractivity contribution in [2.45, 2.75) is 52.1 Å². The van der Waals surface area contributed by atoms with Gasteiger partial charge in [0.15, 0.2) is 0 Å². The number of nitrogens with zero attached hydrogens (tertiary/aromatic N) is 1. The quantitative estimate of drug-likeness (QED) is 0.702. The molecule has 0 aromatic heterocycles. The molecule has 1 amide bonds. The molecule has 4 heteroatoms. The van der Waals surface area contributed by atoms with Gasteiger partial charge in [0.25, 0.3) is 0 Å². The molecule has 2 unspecified atom stereocenters. The fourth-order valence-electron chi connectivity index (χ4n) is 2.41. The number of aliphatic hydroxyl groups excluding tert-OH is 1. The molecule has 1 saturated heterocycles. The van der Waals surface area contributed by atoms with Crippen molar-refractivity contribution in [3.8, 4) is 0 Å². The summed E-state index contributed by atoms with van der Waals surface area (Å²) >= 11 is 0. The predicted molar refractivity (Wildman–Crippen MR) is 57.8 cm³/mol. The molecule has 2 N–H and O–H groups in total. The van der Waals surface area contributed by atoms with Crippen molar-refractivity contribution in [2.75, 3.05) is 6.61 Å². The number of likely N-dealkylation sites (tertiary alicyclic amines) is 1. The van der Waals surface area contributed by atoms with Crippen LogP contribution in [0.15, 0.2) is 0 Å². The lowest BCUT2D eigenvalue weighted by Crippen LogP contribution is -2.53. The second kappa shape index (κ2) is 3.67. The number of hydrogen-bond acceptors (Lipinski definition) is 2. The topological polar surface area (TPSA) is 60.8 Å². The normalized spacial score (nSPS) is 32.1. The average Bonchev–Trinajstić information content (AvgIpc) is 2.43. The highest BCUT2D eigenvalue weighted by molar-refractivity contribution is 5.67. The molecule has 1 heterocycles. The van der Waals surface area contributed by atoms with E-state index in [4.69, 9.17) is 0 Å². The molecule has 1 aliphatic rings. The predicted octanol–water partition coefficient (Wildman–Crippen LogP) is 1.93. The maximum absolute atomic E-state index is 11.2. The first-order valence-electron chi connectivity index (χ1n) is 5.35. The molecule has 15 heavy (non-hydrogen) atoms. The zero-order valence-corrected chi connectivity index (χ0v) is 9.95. The third-order valence-corrected chi connectivity index (χ3v) is 3.40. The Morgan fingerprint density at radius 2 is 2.07 bits per heavy atom. The van der Waals surface area contributed by atoms with Gasteiger partial charge in [0.05, 0.1) is 12.1 Å². The van der Waals surface area contributed by atoms with E-state index in [9.17, 15) is 15.0 Å². The summed E-state index contributed by atoms with van der Waals surface area (Å²) < 4.78 is 0. The number of hydrogen-bond donors (Lipinski definition) is 2. The van der Waals surface area contributed by atoms with E-state index < -0.39 is 11.6 Å². The van der Waals surface area contributed by atoms with Crippen molar-refractivity contribution < 1.29 is 15.0 Å². The standard InChI is InChI=1S/C11H21NO3/c1-10(2,3)8-5-6-11(4,7-13)12(8)9(14)15/h8,13H,5-7H2,1-4H3,(H,14,15). The van der Waals surface area contributed by atoms with Crippen LogP contribution in [-0.4, -0.2) is 39.4 Å². The molecule has 0 saturated carbocycles. The van der Waals surface area contributed by atoms with Crippen molar-refractivity contribution in [3.63, 3.8) is 0 Å². The SMILES string of the molecule is CC(C)(C)C1CCC(C)(CO)N1C(=O)O. The van der Waals surface area contributed by atoms with Crippen molar-refractivity contribution in [1.29, 1.82) is 0 Å². The van der Waals surface area contributed by atoms with Crippen LogP contribution in [0.5, 0.6) is 0 Å². The van der Waals surface area contributed by atoms with E-state index >= 15 is 0 Å². The Kier molecular flexibility index (Phi) is 3.01. The minimum Gasteiger partial charge on any atom is -0.465 e. The van der Waals surface area contributed by atoms with Gasteiger partial charge >= 0.3 is 6.09 Å². The van der Waals surface area contributed by atoms with E-state index in [2.05, 4.69) is 0 Å². The number of rotatable bonds is 1. The molecular formula is C11H21NO3. The van der Waals surface area contributed by atoms with Gasteiger partial charge in [-0.1, -0.05) is 20.8 Å². The molecule has 2 atom stereocenters. The monoisotopic (exact) mass is 215 g/mol. The first-order chi connectivity index (χ1) is 6.72. The molecule has 0 aliphatic carbocycles. The summed E-state index contributed by atoms with van der Waals surface area (Å²) in [6.07, 6.45) is 0.633. The Labute approximate surface area is 90.9 Å². The summed E-state index contributed by atoms with van der Waals surface area (Å²) in [5.41, 5.74) is -0.685. The van der Waals surface area contributed by atoms with Crippen LogP contribution in [0.3, 0.4) is 0 Å². The summed E-state index contributed by atoms with van der Waals surface area (Å²) in [4.78, 5) is 12.7. The highest BCUT2D eigenvalue weighted by atomic mass is 16.4. The molecule has 0 spiro atoms. The lowest BCUT2D eigenvalue weighted by Gasteiger charge is -2.40. The molecule has 1 fully saturated rings. The number of amides is 1. The zero-order valence-electron chi connectivity index (χ0n) is 9.95. The van der Waals surface area contributed by atoms with Crippen molar-refractivity contribution in [2.24, 2.45) is 5.41 Å². The second-order valence-corrected chi connectivity index (χ2v) is 5.73. The first-order valence-corrected chi connectivity index (χ1v) is 5.35. The smallest absolute Gasteiger partial charge is 0.408 e. The zero-order chi connectivity index (χ0) is 11.9. The lowest BCUT2D eigenvalue weighted by atomic mass is 9.85. The number of carbonyl (C=O) groups is 1. The molecule has 88 valence electrons. The first kappa shape index (κ1) is 12.3. The van der Waals surface area contributed by atoms with Crippen LogP contribution in [0.4, 0.5) is 4.79 Å². The van der Waals surface area contributed by atoms with Crippen molar-refractivity contribution in [3.05, 3.63) is 0 Å². The van der Waals surface area contributed by atoms with E-state index in [1.807, 2.05) is 27.7 Å². The maximum Gasteiger partial charge on any atom is 0.408 e. The highest BCUT2D eigenvalue weighted by Crippen LogP contribution is 2.41. The van der Waals surface area contributed by atoms with E-state index in [0.29, 0.717) is 0 Å². The van der Waals surface area contributed by atoms with Gasteiger partial charge in [0.1, 0.15) is 0 Å². The third-order valence-electron chi connectivity index (χ3n) is 3.40. The Morgan fingerprint density at radius 3 is 2.40 bits per heavy atom. The molecule has 1 aliphatic heterocycles. The van der Waals surface area contributed by atoms with Crippen LogP contribution >= 0.6 is 0 Å². The van der Waals surface area contributed by atoms with Gasteiger partial charge in [-0.2, -0.15) is 0 Å². The van der Waals surface area contributed by atoms with Crippen LogP contribution in [0, 0.1) is 5.41 Å². The van der Waals surface area contributed by atoms with Gasteiger partial charge < -0.3 is 10.2 Å². The third kappa shape index (κ3) is 2.09. The molecular weight excluding hydrogens is 194 g/mol. The Balaban J connectivity index is 3.00. The van der Waals surface area contributed by atoms with Crippen LogP contribution in [0.1, 0.15) is 40.5 Å². The van der Waals surface area contributed by atoms with Crippen LogP contribution < -0.4 is 0 Å². The molecule has 1 rings (SSSR count). The van der Waals surface area contributed by atoms with Crippen molar-refractivity contribution >= 4 is 6.09 Å². The van der Waals surface area contributed by atoms with Gasteiger partial charge in [0, 0.05) is 6.04 Å². The molecule has 0 aromatic rings. The van der Waals surface area contributed by atoms with E-state index in [0.717, 1.165) is 12.8 Å². The molecule has 0 aromatic carbocycles. The summed E-state index contributed by atoms with van der Waals surface area (Å²) in [7, 11) is 0. The molecule has 0 bridgehead atoms. The summed E-state index contributed by atoms with van der Waals surface area (Å²) in [5.74, 6) is 0. The maximum atomic E-state index is 11.2. The van der Waals surface area contributed by atoms with Gasteiger partial charge in [0.2, 0.25) is 0 Å². The summed E-state index contributed by atoms with van der Waals surface area (Å²) in [6.45, 7) is 7.82. The molecule has 4 nitrogen and oxygen atoms in total. The van der Waals surface area contributed by atoms with E-state index in [1.54, 1.807) is 0 Å². The van der Waals surface area contributed by atoms with Crippen molar-refractivity contribution in [1.82, 2.24) is 4.90 Å². The Bertz CT molecular complexity index is 259. The van der Waals surface area contributed by atoms with E-state index in [1.165, 1.54) is 4.90 Å². The number of aliphatic hydroxyl groups is 1. The minimum atomic E-state index is -0.927. The second-order valence-electron chi connectivity index (χ2n) is 5.73. The van der Waals surface area contributed by atoms with Gasteiger partial charge in [-0.05, 0) is 25.2 Å². The van der Waals surface area contributed by atoms with Crippen LogP contribution in [0.2, 0.25) is 0 Å². The highest BCUT2D eigenvalue weighted by Gasteiger charge is 2.49. The van der Waals surface area contributed by atoms with Crippen LogP contribution in [0.25, 0.3) is 0 Å². The van der Waals surface area contributed by atoms with Gasteiger partial charge in [-0.15, -0.1) is 0 Å². The summed E-state index contributed by atoms with van der Waals surface area (Å²) in [5, 5.41) is 18.6. The van der Waals surface area contributed by atoms with Crippen LogP contribution in [-0.2, 0) is 0 Å². The lowest BCUT2D eigenvalue weighted by molar-refractivity contribution is 0.0277. The van der Waals surface area contributed by atoms with E-state index in [-0.39, 0.29) is 18.1 Å². The fraction of sp³-hybridized carbons (Fsp3) is 0.909. The minimum absolute atomic E-state index is 0.00727. The molecule has 0 radical (unpaired) electrons. The Hall–Kier alpha value is -0.770. The largest absolute Gasteiger partial charge is 0.465 e. The fourth-order valence-corrected chi connectivity index (χ4v) is 2.41.